The molecule has 0 fully saturated rings. The molecule has 62 heavy (non-hydrogen) atoms. The van der Waals surface area contributed by atoms with Crippen LogP contribution in [0.15, 0.2) is 136 Å². The van der Waals surface area contributed by atoms with E-state index < -0.39 is 0 Å². The molecule has 0 atom stereocenters. The van der Waals surface area contributed by atoms with Gasteiger partial charge in [0.05, 0.1) is 57.5 Å². The number of furan rings is 1. The monoisotopic (exact) mass is 810 g/mol. The summed E-state index contributed by atoms with van der Waals surface area (Å²) in [5.74, 6) is 0.776. The Morgan fingerprint density at radius 3 is 1.35 bits per heavy atom. The van der Waals surface area contributed by atoms with Crippen LogP contribution in [0, 0.1) is 41.5 Å². The summed E-state index contributed by atoms with van der Waals surface area (Å²) in [7, 11) is 1.65. The maximum Gasteiger partial charge on any atom is 0.137 e. The number of azo groups is 1. The summed E-state index contributed by atoms with van der Waals surface area (Å²) in [6, 6.07) is 41.7. The number of H-pyrrole nitrogens is 3. The Hall–Kier alpha value is -7.71. The highest BCUT2D eigenvalue weighted by Crippen LogP contribution is 2.40. The number of ether oxygens (including phenoxy) is 1. The number of methoxy groups -OCH3 is 1. The van der Waals surface area contributed by atoms with Gasteiger partial charge < -0.3 is 24.1 Å². The van der Waals surface area contributed by atoms with Crippen LogP contribution in [0.3, 0.4) is 0 Å². The molecule has 304 valence electrons. The number of nitrogens with zero attached hydrogens (tertiary/aromatic N) is 3. The number of hydrogen-bond donors (Lipinski definition) is 3. The Labute approximate surface area is 359 Å². The molecule has 8 nitrogen and oxygen atoms in total. The van der Waals surface area contributed by atoms with Gasteiger partial charge in [-0.05, 0) is 178 Å². The number of aromatic amines is 3. The first kappa shape index (κ1) is 38.5. The molecule has 10 rings (SSSR count). The second-order valence-corrected chi connectivity index (χ2v) is 16.4. The molecule has 1 aliphatic heterocycles. The molecule has 8 heteroatoms. The first-order valence-corrected chi connectivity index (χ1v) is 20.9. The fourth-order valence-electron chi connectivity index (χ4n) is 9.17. The smallest absolute Gasteiger partial charge is 0.137 e. The molecular formula is C54H46N6O2. The fourth-order valence-corrected chi connectivity index (χ4v) is 9.17. The largest absolute Gasteiger partial charge is 0.497 e. The van der Waals surface area contributed by atoms with Gasteiger partial charge >= 0.3 is 0 Å². The van der Waals surface area contributed by atoms with E-state index in [1.807, 2.05) is 36.4 Å². The van der Waals surface area contributed by atoms with E-state index in [4.69, 9.17) is 14.1 Å². The van der Waals surface area contributed by atoms with E-state index in [1.54, 1.807) is 7.11 Å². The molecule has 1 aliphatic rings. The van der Waals surface area contributed by atoms with Crippen molar-refractivity contribution in [2.24, 2.45) is 10.2 Å². The van der Waals surface area contributed by atoms with Gasteiger partial charge in [-0.1, -0.05) is 47.5 Å². The molecular weight excluding hydrogens is 765 g/mol. The highest BCUT2D eigenvalue weighted by molar-refractivity contribution is 6.00. The zero-order valence-electron chi connectivity index (χ0n) is 35.9. The Kier molecular flexibility index (Phi) is 9.56. The summed E-state index contributed by atoms with van der Waals surface area (Å²) in [5.41, 5.74) is 23.9. The normalized spacial score (nSPS) is 12.0. The summed E-state index contributed by atoms with van der Waals surface area (Å²) >= 11 is 0. The van der Waals surface area contributed by atoms with E-state index in [1.165, 1.54) is 33.4 Å². The number of aromatic nitrogens is 4. The van der Waals surface area contributed by atoms with E-state index >= 15 is 0 Å². The Balaban J connectivity index is 1.25. The van der Waals surface area contributed by atoms with Crippen LogP contribution >= 0.6 is 0 Å². The van der Waals surface area contributed by atoms with Crippen LogP contribution in [0.5, 0.6) is 5.75 Å². The molecule has 3 N–H and O–H groups in total. The highest BCUT2D eigenvalue weighted by atomic mass is 16.5. The van der Waals surface area contributed by atoms with Crippen molar-refractivity contribution in [1.29, 1.82) is 0 Å². The zero-order chi connectivity index (χ0) is 42.6. The van der Waals surface area contributed by atoms with Crippen molar-refractivity contribution in [1.82, 2.24) is 19.9 Å². The van der Waals surface area contributed by atoms with Crippen LogP contribution in [0.4, 0.5) is 11.4 Å². The molecule has 0 saturated heterocycles. The van der Waals surface area contributed by atoms with Crippen molar-refractivity contribution < 1.29 is 9.15 Å². The lowest BCUT2D eigenvalue weighted by Crippen LogP contribution is -1.91. The van der Waals surface area contributed by atoms with Crippen molar-refractivity contribution in [3.05, 3.63) is 166 Å². The maximum atomic E-state index is 7.09. The lowest BCUT2D eigenvalue weighted by molar-refractivity contribution is 0.415. The summed E-state index contributed by atoms with van der Waals surface area (Å²) in [6.45, 7) is 13.0. The van der Waals surface area contributed by atoms with Gasteiger partial charge in [0.25, 0.3) is 0 Å². The van der Waals surface area contributed by atoms with Crippen LogP contribution in [-0.4, -0.2) is 27.0 Å². The summed E-state index contributed by atoms with van der Waals surface area (Å²) in [6.07, 6.45) is 4.17. The number of benzene rings is 4. The maximum absolute atomic E-state index is 7.09. The number of rotatable bonds is 6. The van der Waals surface area contributed by atoms with E-state index in [-0.39, 0.29) is 0 Å². The minimum absolute atomic E-state index is 0.743. The van der Waals surface area contributed by atoms with Crippen LogP contribution in [0.25, 0.3) is 89.8 Å². The molecule has 9 aromatic rings. The molecule has 0 unspecified atom stereocenters. The molecule has 5 aromatic heterocycles. The predicted molar refractivity (Wildman–Crippen MR) is 256 cm³/mol. The molecule has 0 aliphatic carbocycles. The third-order valence-electron chi connectivity index (χ3n) is 11.8. The standard InChI is InChI=1S/C54H46N6O2/c1-30-26-32(3)50(33(4)27-30)53-46-22-18-42(57-46)40-16-20-44(55-40)52(36-8-10-37(11-9-36)59-60-38-12-14-39(61-7)15-13-38)45-21-17-41(56-45)43-19-23-47(58-43)54(49-25-24-48(53)62-49)51-34(5)28-31(2)29-35(51)6/h8-29,55,57-58H,1-7H3. The van der Waals surface area contributed by atoms with E-state index in [0.29, 0.717) is 0 Å². The molecule has 10 bridgehead atoms. The predicted octanol–water partition coefficient (Wildman–Crippen LogP) is 15.3. The van der Waals surface area contributed by atoms with Crippen molar-refractivity contribution >= 4 is 67.8 Å². The topological polar surface area (TPSA) is 107 Å². The second kappa shape index (κ2) is 15.4. The highest BCUT2D eigenvalue weighted by Gasteiger charge is 2.19. The fraction of sp³-hybridized carbons (Fsp3) is 0.130. The van der Waals surface area contributed by atoms with E-state index in [2.05, 4.69) is 164 Å². The minimum atomic E-state index is 0.743. The number of aryl methyl sites for hydroxylation is 6. The van der Waals surface area contributed by atoms with Gasteiger partial charge in [-0.25, -0.2) is 4.98 Å². The van der Waals surface area contributed by atoms with Crippen molar-refractivity contribution in [3.8, 4) is 39.1 Å². The van der Waals surface area contributed by atoms with Crippen LogP contribution in [-0.2, 0) is 0 Å². The SMILES string of the molecule is COc1ccc(N=Nc2ccc(-c3c4nc(c5ccc([nH]5)c(-c5c(C)cc(C)cc5C)c5ccc(o5)c(-c5c(C)cc(C)cc5C)c5ccc([nH]5)c5ccc3[nH]5)C=C4)cc2)cc1. The second-order valence-electron chi connectivity index (χ2n) is 16.4. The quantitative estimate of drug-likeness (QED) is 0.146. The van der Waals surface area contributed by atoms with Crippen molar-refractivity contribution in [2.75, 3.05) is 7.11 Å². The average Bonchev–Trinajstić information content (AvgIpc) is 4.11. The summed E-state index contributed by atoms with van der Waals surface area (Å²) in [5, 5.41) is 8.97. The van der Waals surface area contributed by atoms with Crippen molar-refractivity contribution in [3.63, 3.8) is 0 Å². The van der Waals surface area contributed by atoms with Crippen molar-refractivity contribution in [2.45, 2.75) is 41.5 Å². The van der Waals surface area contributed by atoms with Gasteiger partial charge in [0.2, 0.25) is 0 Å². The molecule has 0 radical (unpaired) electrons. The number of nitrogens with one attached hydrogen (secondary N) is 3. The van der Waals surface area contributed by atoms with Gasteiger partial charge in [-0.3, -0.25) is 0 Å². The molecule has 0 amide bonds. The van der Waals surface area contributed by atoms with Gasteiger partial charge in [0.15, 0.2) is 0 Å². The Morgan fingerprint density at radius 2 is 0.855 bits per heavy atom. The first-order chi connectivity index (χ1) is 30.1. The lowest BCUT2D eigenvalue weighted by atomic mass is 9.93. The van der Waals surface area contributed by atoms with Crippen LogP contribution in [0.1, 0.15) is 44.8 Å². The molecule has 4 aromatic carbocycles. The zero-order valence-corrected chi connectivity index (χ0v) is 35.9. The van der Waals surface area contributed by atoms with E-state index in [9.17, 15) is 0 Å². The summed E-state index contributed by atoms with van der Waals surface area (Å²) in [4.78, 5) is 16.6. The van der Waals surface area contributed by atoms with Gasteiger partial charge in [-0.2, -0.15) is 10.2 Å². The Morgan fingerprint density at radius 1 is 0.435 bits per heavy atom. The van der Waals surface area contributed by atoms with Crippen LogP contribution < -0.4 is 4.74 Å². The molecule has 0 spiro atoms. The average molecular weight is 811 g/mol. The Bertz CT molecular complexity index is 3400. The molecule has 0 saturated carbocycles. The van der Waals surface area contributed by atoms with Gasteiger partial charge in [-0.15, -0.1) is 0 Å². The van der Waals surface area contributed by atoms with Gasteiger partial charge in [0, 0.05) is 22.2 Å². The molecule has 6 heterocycles. The number of hydrogen-bond acceptors (Lipinski definition) is 5. The van der Waals surface area contributed by atoms with E-state index in [0.717, 1.165) is 106 Å². The third-order valence-corrected chi connectivity index (χ3v) is 11.8. The summed E-state index contributed by atoms with van der Waals surface area (Å²) < 4.78 is 12.4. The first-order valence-electron chi connectivity index (χ1n) is 20.9. The third kappa shape index (κ3) is 6.99. The lowest BCUT2D eigenvalue weighted by Gasteiger charge is -2.13. The minimum Gasteiger partial charge on any atom is -0.497 e. The number of fused-ring (bicyclic) bond motifs is 12. The van der Waals surface area contributed by atoms with Crippen LogP contribution in [0.2, 0.25) is 0 Å². The van der Waals surface area contributed by atoms with Gasteiger partial charge in [0.1, 0.15) is 16.9 Å².